The quantitative estimate of drug-likeness (QED) is 0.0992. The fraction of sp³-hybridized carbons (Fsp3) is 0.286. The maximum atomic E-state index is 13.6. The lowest BCUT2D eigenvalue weighted by Crippen LogP contribution is -2.32. The van der Waals surface area contributed by atoms with E-state index in [4.69, 9.17) is 14.5 Å². The number of aromatic nitrogens is 3. The summed E-state index contributed by atoms with van der Waals surface area (Å²) in [7, 11) is 0. The number of aryl methyl sites for hydroxylation is 2. The standard InChI is InChI=1S/C28H29N5O6/c1-5-38-15-9-14-31-25-22(27(34)32-13-8-10-18(3)24(32)30-25)17-23(28(35)39-6-2)26(31)29-19(4)20-11-7-12-21(16-20)33(36)37/h7-8,10-13,16-17H,4-6,9,14-15H2,1-3H3. The molecule has 0 aliphatic rings. The zero-order valence-corrected chi connectivity index (χ0v) is 22.0. The number of nitrogens with zero attached hydrogens (tertiary/aromatic N) is 5. The van der Waals surface area contributed by atoms with Crippen molar-refractivity contribution in [3.05, 3.63) is 97.9 Å². The molecule has 3 aromatic heterocycles. The SMILES string of the molecule is C=C(N=c1c(C(=O)OCC)cc2c(=O)n3cccc(C)c3nc2n1CCCOCC)c1cccc([N+](=O)[O-])c1. The number of esters is 1. The molecule has 0 fully saturated rings. The summed E-state index contributed by atoms with van der Waals surface area (Å²) in [6.45, 7) is 10.9. The lowest BCUT2D eigenvalue weighted by atomic mass is 10.1. The maximum Gasteiger partial charge on any atom is 0.341 e. The van der Waals surface area contributed by atoms with Crippen LogP contribution < -0.4 is 11.0 Å². The molecule has 0 amide bonds. The van der Waals surface area contributed by atoms with Crippen LogP contribution in [-0.4, -0.2) is 44.7 Å². The zero-order chi connectivity index (χ0) is 28.1. The average molecular weight is 532 g/mol. The Labute approximate surface area is 223 Å². The molecule has 3 heterocycles. The van der Waals surface area contributed by atoms with E-state index < -0.39 is 10.9 Å². The van der Waals surface area contributed by atoms with Crippen LogP contribution in [0.5, 0.6) is 0 Å². The van der Waals surface area contributed by atoms with E-state index in [0.717, 1.165) is 5.56 Å². The largest absolute Gasteiger partial charge is 0.462 e. The van der Waals surface area contributed by atoms with Crippen LogP contribution in [0.4, 0.5) is 5.69 Å². The van der Waals surface area contributed by atoms with Gasteiger partial charge in [-0.3, -0.25) is 19.3 Å². The lowest BCUT2D eigenvalue weighted by Gasteiger charge is -2.16. The fourth-order valence-electron chi connectivity index (χ4n) is 4.24. The molecule has 0 radical (unpaired) electrons. The van der Waals surface area contributed by atoms with Crippen molar-refractivity contribution in [3.8, 4) is 0 Å². The molecule has 4 rings (SSSR count). The van der Waals surface area contributed by atoms with E-state index in [1.807, 2.05) is 19.9 Å². The van der Waals surface area contributed by atoms with Gasteiger partial charge in [-0.15, -0.1) is 0 Å². The first-order valence-electron chi connectivity index (χ1n) is 12.6. The molecule has 0 bridgehead atoms. The summed E-state index contributed by atoms with van der Waals surface area (Å²) in [5.74, 6) is -0.669. The van der Waals surface area contributed by atoms with Crippen LogP contribution in [-0.2, 0) is 16.0 Å². The van der Waals surface area contributed by atoms with Crippen LogP contribution in [0, 0.1) is 17.0 Å². The number of nitro groups is 1. The topological polar surface area (TPSA) is 130 Å². The number of carbonyl (C=O) groups excluding carboxylic acids is 1. The normalized spacial score (nSPS) is 11.7. The summed E-state index contributed by atoms with van der Waals surface area (Å²) in [6, 6.07) is 11.0. The summed E-state index contributed by atoms with van der Waals surface area (Å²) in [4.78, 5) is 47.0. The Morgan fingerprint density at radius 3 is 2.67 bits per heavy atom. The number of hydrogen-bond acceptors (Lipinski definition) is 8. The van der Waals surface area contributed by atoms with Gasteiger partial charge in [-0.1, -0.05) is 24.8 Å². The minimum atomic E-state index is -0.669. The highest BCUT2D eigenvalue weighted by atomic mass is 16.6. The predicted octanol–water partition coefficient (Wildman–Crippen LogP) is 4.04. The van der Waals surface area contributed by atoms with Crippen molar-refractivity contribution in [1.82, 2.24) is 14.0 Å². The Hall–Kier alpha value is -4.64. The Morgan fingerprint density at radius 2 is 1.95 bits per heavy atom. The van der Waals surface area contributed by atoms with E-state index >= 15 is 0 Å². The van der Waals surface area contributed by atoms with Gasteiger partial charge in [-0.2, -0.15) is 0 Å². The summed E-state index contributed by atoms with van der Waals surface area (Å²) >= 11 is 0. The van der Waals surface area contributed by atoms with E-state index in [2.05, 4.69) is 11.6 Å². The van der Waals surface area contributed by atoms with Crippen LogP contribution in [0.15, 0.2) is 65.0 Å². The molecule has 0 saturated heterocycles. The van der Waals surface area contributed by atoms with Crippen LogP contribution in [0.2, 0.25) is 0 Å². The Bertz CT molecular complexity index is 1720. The highest BCUT2D eigenvalue weighted by molar-refractivity contribution is 5.93. The third kappa shape index (κ3) is 5.63. The van der Waals surface area contributed by atoms with Crippen molar-refractivity contribution >= 4 is 34.0 Å². The first-order chi connectivity index (χ1) is 18.8. The summed E-state index contributed by atoms with van der Waals surface area (Å²) in [5, 5.41) is 11.5. The first kappa shape index (κ1) is 27.4. The predicted molar refractivity (Wildman–Crippen MR) is 146 cm³/mol. The van der Waals surface area contributed by atoms with Crippen LogP contribution in [0.3, 0.4) is 0 Å². The molecule has 0 saturated carbocycles. The number of non-ortho nitro benzene ring substituents is 1. The van der Waals surface area contributed by atoms with Gasteiger partial charge in [0.1, 0.15) is 22.3 Å². The molecule has 0 N–H and O–H groups in total. The molecule has 0 aliphatic carbocycles. The van der Waals surface area contributed by atoms with Gasteiger partial charge in [0.15, 0.2) is 0 Å². The van der Waals surface area contributed by atoms with Gasteiger partial charge in [0.2, 0.25) is 0 Å². The van der Waals surface area contributed by atoms with Crippen molar-refractivity contribution in [2.45, 2.75) is 33.7 Å². The number of carbonyl (C=O) groups is 1. The van der Waals surface area contributed by atoms with Crippen molar-refractivity contribution in [1.29, 1.82) is 0 Å². The van der Waals surface area contributed by atoms with Gasteiger partial charge in [0.05, 0.1) is 22.6 Å². The van der Waals surface area contributed by atoms with Gasteiger partial charge in [0, 0.05) is 43.7 Å². The van der Waals surface area contributed by atoms with Crippen molar-refractivity contribution < 1.29 is 19.2 Å². The number of ether oxygens (including phenoxy) is 2. The second-order valence-electron chi connectivity index (χ2n) is 8.71. The van der Waals surface area contributed by atoms with E-state index in [1.54, 1.807) is 29.8 Å². The van der Waals surface area contributed by atoms with E-state index in [1.165, 1.54) is 28.7 Å². The Kier molecular flexibility index (Phi) is 8.30. The molecule has 11 heteroatoms. The molecular formula is C28H29N5O6. The van der Waals surface area contributed by atoms with E-state index in [-0.39, 0.29) is 40.0 Å². The smallest absolute Gasteiger partial charge is 0.341 e. The minimum absolute atomic E-state index is 0.0545. The molecule has 0 unspecified atom stereocenters. The number of nitro benzene ring substituents is 1. The molecule has 0 atom stereocenters. The molecular weight excluding hydrogens is 502 g/mol. The van der Waals surface area contributed by atoms with E-state index in [9.17, 15) is 19.7 Å². The lowest BCUT2D eigenvalue weighted by molar-refractivity contribution is -0.384. The molecule has 39 heavy (non-hydrogen) atoms. The summed E-state index contributed by atoms with van der Waals surface area (Å²) in [5.41, 5.74) is 1.98. The summed E-state index contributed by atoms with van der Waals surface area (Å²) in [6.07, 6.45) is 2.17. The average Bonchev–Trinajstić information content (AvgIpc) is 2.92. The molecule has 4 aromatic rings. The van der Waals surface area contributed by atoms with Gasteiger partial charge in [-0.25, -0.2) is 14.8 Å². The number of benzene rings is 1. The monoisotopic (exact) mass is 531 g/mol. The van der Waals surface area contributed by atoms with Gasteiger partial charge in [-0.05, 0) is 44.9 Å². The third-order valence-corrected chi connectivity index (χ3v) is 6.11. The fourth-order valence-corrected chi connectivity index (χ4v) is 4.24. The number of rotatable bonds is 10. The van der Waals surface area contributed by atoms with Gasteiger partial charge in [0.25, 0.3) is 11.2 Å². The number of fused-ring (bicyclic) bond motifs is 2. The highest BCUT2D eigenvalue weighted by Crippen LogP contribution is 2.20. The third-order valence-electron chi connectivity index (χ3n) is 6.11. The number of pyridine rings is 2. The molecule has 1 aromatic carbocycles. The van der Waals surface area contributed by atoms with Crippen LogP contribution in [0.1, 0.15) is 41.8 Å². The Morgan fingerprint density at radius 1 is 1.15 bits per heavy atom. The molecule has 0 aliphatic heterocycles. The van der Waals surface area contributed by atoms with Crippen molar-refractivity contribution in [3.63, 3.8) is 0 Å². The molecule has 0 spiro atoms. The van der Waals surface area contributed by atoms with Gasteiger partial charge >= 0.3 is 5.97 Å². The minimum Gasteiger partial charge on any atom is -0.462 e. The molecule has 11 nitrogen and oxygen atoms in total. The highest BCUT2D eigenvalue weighted by Gasteiger charge is 2.20. The summed E-state index contributed by atoms with van der Waals surface area (Å²) < 4.78 is 14.0. The van der Waals surface area contributed by atoms with Crippen molar-refractivity contribution in [2.24, 2.45) is 4.99 Å². The second kappa shape index (κ2) is 11.8. The first-order valence-corrected chi connectivity index (χ1v) is 12.6. The van der Waals surface area contributed by atoms with Gasteiger partial charge < -0.3 is 14.0 Å². The Balaban J connectivity index is 2.07. The molecule has 202 valence electrons. The van der Waals surface area contributed by atoms with Crippen LogP contribution in [0.25, 0.3) is 22.4 Å². The van der Waals surface area contributed by atoms with E-state index in [0.29, 0.717) is 43.0 Å². The van der Waals surface area contributed by atoms with Crippen LogP contribution >= 0.6 is 0 Å². The number of hydrogen-bond donors (Lipinski definition) is 0. The second-order valence-corrected chi connectivity index (χ2v) is 8.71. The maximum absolute atomic E-state index is 13.6. The van der Waals surface area contributed by atoms with Crippen molar-refractivity contribution in [2.75, 3.05) is 19.8 Å². The zero-order valence-electron chi connectivity index (χ0n) is 22.0.